The highest BCUT2D eigenvalue weighted by atomic mass is 19.1. The Balaban J connectivity index is 1.40. The maximum Gasteiger partial charge on any atom is 0.227 e. The first-order chi connectivity index (χ1) is 14.8. The standard InChI is InChI=1S/C22H19F3N4O2/c1-13-26-6-7-28(13)19-4-2-14(8-17(19)24)11-27-22(31)15-9-21(30)29(12-15)20-5-3-16(23)10-18(20)25/h2-8,10,15H,9,11-12H2,1H3,(H,27,31). The van der Waals surface area contributed by atoms with E-state index in [1.807, 2.05) is 0 Å². The van der Waals surface area contributed by atoms with E-state index in [1.54, 1.807) is 36.0 Å². The van der Waals surface area contributed by atoms with Gasteiger partial charge < -0.3 is 14.8 Å². The molecule has 1 unspecified atom stereocenters. The number of nitrogens with one attached hydrogen (secondary N) is 1. The summed E-state index contributed by atoms with van der Waals surface area (Å²) in [5.74, 6) is -2.92. The van der Waals surface area contributed by atoms with Crippen molar-refractivity contribution in [3.63, 3.8) is 0 Å². The molecule has 4 rings (SSSR count). The lowest BCUT2D eigenvalue weighted by molar-refractivity contribution is -0.126. The second kappa shape index (κ2) is 8.25. The number of aromatic nitrogens is 2. The predicted molar refractivity (Wildman–Crippen MR) is 107 cm³/mol. The molecule has 31 heavy (non-hydrogen) atoms. The number of rotatable bonds is 5. The molecule has 1 N–H and O–H groups in total. The first-order valence-corrected chi connectivity index (χ1v) is 9.65. The highest BCUT2D eigenvalue weighted by Crippen LogP contribution is 2.28. The maximum atomic E-state index is 14.5. The molecule has 6 nitrogen and oxygen atoms in total. The van der Waals surface area contributed by atoms with Crippen molar-refractivity contribution < 1.29 is 22.8 Å². The highest BCUT2D eigenvalue weighted by molar-refractivity contribution is 6.00. The van der Waals surface area contributed by atoms with E-state index >= 15 is 0 Å². The molecule has 2 heterocycles. The average molecular weight is 428 g/mol. The Morgan fingerprint density at radius 3 is 2.55 bits per heavy atom. The SMILES string of the molecule is Cc1nccn1-c1ccc(CNC(=O)C2CC(=O)N(c3ccc(F)cc3F)C2)cc1F. The van der Waals surface area contributed by atoms with Gasteiger partial charge in [0.25, 0.3) is 0 Å². The van der Waals surface area contributed by atoms with Crippen LogP contribution in [0.5, 0.6) is 0 Å². The molecule has 2 amide bonds. The fraction of sp³-hybridized carbons (Fsp3) is 0.227. The number of carbonyl (C=O) groups excluding carboxylic acids is 2. The van der Waals surface area contributed by atoms with Crippen molar-refractivity contribution >= 4 is 17.5 Å². The molecule has 0 spiro atoms. The quantitative estimate of drug-likeness (QED) is 0.678. The summed E-state index contributed by atoms with van der Waals surface area (Å²) in [6.07, 6.45) is 3.14. The van der Waals surface area contributed by atoms with Crippen LogP contribution in [0.4, 0.5) is 18.9 Å². The minimum absolute atomic E-state index is 0.0135. The topological polar surface area (TPSA) is 67.2 Å². The fourth-order valence-electron chi connectivity index (χ4n) is 3.64. The summed E-state index contributed by atoms with van der Waals surface area (Å²) >= 11 is 0. The van der Waals surface area contributed by atoms with Crippen molar-refractivity contribution in [2.45, 2.75) is 19.9 Å². The monoisotopic (exact) mass is 428 g/mol. The number of halogens is 3. The van der Waals surface area contributed by atoms with E-state index < -0.39 is 35.2 Å². The van der Waals surface area contributed by atoms with Crippen LogP contribution in [0.3, 0.4) is 0 Å². The van der Waals surface area contributed by atoms with Crippen LogP contribution in [0.25, 0.3) is 5.69 Å². The second-order valence-corrected chi connectivity index (χ2v) is 7.35. The van der Waals surface area contributed by atoms with Crippen LogP contribution in [0.15, 0.2) is 48.8 Å². The van der Waals surface area contributed by atoms with Gasteiger partial charge in [0.15, 0.2) is 0 Å². The smallest absolute Gasteiger partial charge is 0.227 e. The molecule has 2 aromatic carbocycles. The van der Waals surface area contributed by atoms with Gasteiger partial charge in [0.05, 0.1) is 17.3 Å². The van der Waals surface area contributed by atoms with Gasteiger partial charge in [-0.3, -0.25) is 9.59 Å². The van der Waals surface area contributed by atoms with E-state index in [0.29, 0.717) is 23.1 Å². The number of amides is 2. The third-order valence-electron chi connectivity index (χ3n) is 5.26. The molecule has 1 aliphatic heterocycles. The molecule has 0 bridgehead atoms. The van der Waals surface area contributed by atoms with Gasteiger partial charge in [0.1, 0.15) is 23.3 Å². The normalized spacial score (nSPS) is 16.1. The molecule has 9 heteroatoms. The molecule has 160 valence electrons. The van der Waals surface area contributed by atoms with Crippen molar-refractivity contribution in [2.75, 3.05) is 11.4 Å². The molecular weight excluding hydrogens is 409 g/mol. The van der Waals surface area contributed by atoms with Crippen molar-refractivity contribution in [3.05, 3.63) is 77.6 Å². The fourth-order valence-corrected chi connectivity index (χ4v) is 3.64. The van der Waals surface area contributed by atoms with Crippen molar-refractivity contribution in [3.8, 4) is 5.69 Å². The Morgan fingerprint density at radius 1 is 1.13 bits per heavy atom. The van der Waals surface area contributed by atoms with Gasteiger partial charge in [0, 0.05) is 38.0 Å². The van der Waals surface area contributed by atoms with Gasteiger partial charge in [0.2, 0.25) is 11.8 Å². The summed E-state index contributed by atoms with van der Waals surface area (Å²) in [6.45, 7) is 1.83. The number of carbonyl (C=O) groups is 2. The van der Waals surface area contributed by atoms with Gasteiger partial charge in [-0.1, -0.05) is 6.07 Å². The molecule has 1 fully saturated rings. The maximum absolute atomic E-state index is 14.5. The van der Waals surface area contributed by atoms with E-state index in [9.17, 15) is 22.8 Å². The van der Waals surface area contributed by atoms with Gasteiger partial charge in [-0.2, -0.15) is 0 Å². The number of hydrogen-bond donors (Lipinski definition) is 1. The van der Waals surface area contributed by atoms with Crippen LogP contribution in [0, 0.1) is 30.3 Å². The molecule has 0 radical (unpaired) electrons. The Morgan fingerprint density at radius 2 is 1.87 bits per heavy atom. The molecule has 0 aliphatic carbocycles. The Hall–Kier alpha value is -3.62. The predicted octanol–water partition coefficient (Wildman–Crippen LogP) is 3.27. The Bertz CT molecular complexity index is 1160. The van der Waals surface area contributed by atoms with Gasteiger partial charge in [-0.15, -0.1) is 0 Å². The van der Waals surface area contributed by atoms with Crippen LogP contribution in [0.1, 0.15) is 17.8 Å². The number of benzene rings is 2. The van der Waals surface area contributed by atoms with Gasteiger partial charge >= 0.3 is 0 Å². The number of aryl methyl sites for hydroxylation is 1. The Labute approximate surface area is 176 Å². The first kappa shape index (κ1) is 20.6. The van der Waals surface area contributed by atoms with Gasteiger partial charge in [-0.25, -0.2) is 18.2 Å². The number of hydrogen-bond acceptors (Lipinski definition) is 3. The van der Waals surface area contributed by atoms with Crippen LogP contribution < -0.4 is 10.2 Å². The average Bonchev–Trinajstić information content (AvgIpc) is 3.32. The third kappa shape index (κ3) is 4.16. The number of nitrogens with zero attached hydrogens (tertiary/aromatic N) is 3. The minimum Gasteiger partial charge on any atom is -0.352 e. The van der Waals surface area contributed by atoms with E-state index in [4.69, 9.17) is 0 Å². The molecule has 3 aromatic rings. The van der Waals surface area contributed by atoms with Crippen LogP contribution in [0.2, 0.25) is 0 Å². The Kier molecular flexibility index (Phi) is 5.50. The lowest BCUT2D eigenvalue weighted by Crippen LogP contribution is -2.32. The van der Waals surface area contributed by atoms with Crippen molar-refractivity contribution in [1.29, 1.82) is 0 Å². The molecule has 1 saturated heterocycles. The summed E-state index contributed by atoms with van der Waals surface area (Å²) in [5.41, 5.74) is 0.843. The van der Waals surface area contributed by atoms with Crippen molar-refractivity contribution in [1.82, 2.24) is 14.9 Å². The molecule has 1 atom stereocenters. The summed E-state index contributed by atoms with van der Waals surface area (Å²) in [6, 6.07) is 7.55. The lowest BCUT2D eigenvalue weighted by Gasteiger charge is -2.17. The zero-order chi connectivity index (χ0) is 22.1. The second-order valence-electron chi connectivity index (χ2n) is 7.35. The van der Waals surface area contributed by atoms with Crippen LogP contribution >= 0.6 is 0 Å². The van der Waals surface area contributed by atoms with E-state index in [0.717, 1.165) is 11.0 Å². The zero-order valence-corrected chi connectivity index (χ0v) is 16.6. The largest absolute Gasteiger partial charge is 0.352 e. The molecule has 1 aromatic heterocycles. The first-order valence-electron chi connectivity index (χ1n) is 9.65. The van der Waals surface area contributed by atoms with Crippen LogP contribution in [-0.2, 0) is 16.1 Å². The summed E-state index contributed by atoms with van der Waals surface area (Å²) < 4.78 is 43.2. The lowest BCUT2D eigenvalue weighted by atomic mass is 10.1. The number of anilines is 1. The molecule has 0 saturated carbocycles. The molecule has 1 aliphatic rings. The summed E-state index contributed by atoms with van der Waals surface area (Å²) in [7, 11) is 0. The van der Waals surface area contributed by atoms with E-state index in [1.165, 1.54) is 12.1 Å². The third-order valence-corrected chi connectivity index (χ3v) is 5.26. The van der Waals surface area contributed by atoms with E-state index in [-0.39, 0.29) is 25.2 Å². The minimum atomic E-state index is -0.863. The van der Waals surface area contributed by atoms with Crippen molar-refractivity contribution in [2.24, 2.45) is 5.92 Å². The molecular formula is C22H19F3N4O2. The zero-order valence-electron chi connectivity index (χ0n) is 16.6. The van der Waals surface area contributed by atoms with Crippen LogP contribution in [-0.4, -0.2) is 27.9 Å². The highest BCUT2D eigenvalue weighted by Gasteiger charge is 2.36. The van der Waals surface area contributed by atoms with E-state index in [2.05, 4.69) is 10.3 Å². The number of imidazole rings is 1. The summed E-state index contributed by atoms with van der Waals surface area (Å²) in [4.78, 5) is 30.0. The summed E-state index contributed by atoms with van der Waals surface area (Å²) in [5, 5.41) is 2.69. The van der Waals surface area contributed by atoms with Gasteiger partial charge in [-0.05, 0) is 36.8 Å².